The van der Waals surface area contributed by atoms with Crippen LogP contribution in [0.1, 0.15) is 33.1 Å². The van der Waals surface area contributed by atoms with Gasteiger partial charge in [-0.1, -0.05) is 13.8 Å². The summed E-state index contributed by atoms with van der Waals surface area (Å²) < 4.78 is 4.80. The molecule has 0 bridgehead atoms. The lowest BCUT2D eigenvalue weighted by Crippen LogP contribution is -2.41. The molecule has 1 heterocycles. The minimum Gasteiger partial charge on any atom is -0.469 e. The van der Waals surface area contributed by atoms with Crippen LogP contribution >= 0.6 is 0 Å². The van der Waals surface area contributed by atoms with Crippen molar-refractivity contribution in [1.29, 1.82) is 0 Å². The highest BCUT2D eigenvalue weighted by Crippen LogP contribution is 2.13. The molecule has 0 saturated carbocycles. The third-order valence-electron chi connectivity index (χ3n) is 3.59. The van der Waals surface area contributed by atoms with E-state index in [0.29, 0.717) is 0 Å². The molecule has 1 aliphatic heterocycles. The summed E-state index contributed by atoms with van der Waals surface area (Å²) in [5.74, 6) is 0.603. The van der Waals surface area contributed by atoms with E-state index in [4.69, 9.17) is 4.74 Å². The van der Waals surface area contributed by atoms with Gasteiger partial charge in [-0.2, -0.15) is 0 Å². The number of methoxy groups -OCH3 is 1. The molecule has 2 atom stereocenters. The molecule has 2 unspecified atom stereocenters. The van der Waals surface area contributed by atoms with Crippen molar-refractivity contribution in [2.24, 2.45) is 11.8 Å². The van der Waals surface area contributed by atoms with Gasteiger partial charge in [0.05, 0.1) is 13.0 Å². The highest BCUT2D eigenvalue weighted by atomic mass is 16.5. The van der Waals surface area contributed by atoms with E-state index in [1.807, 2.05) is 6.92 Å². The number of esters is 1. The molecule has 1 saturated heterocycles. The summed E-state index contributed by atoms with van der Waals surface area (Å²) in [5, 5.41) is 3.45. The van der Waals surface area contributed by atoms with Crippen LogP contribution in [0.4, 0.5) is 0 Å². The third-order valence-corrected chi connectivity index (χ3v) is 3.59. The normalized spacial score (nSPS) is 21.9. The van der Waals surface area contributed by atoms with Gasteiger partial charge in [0.1, 0.15) is 0 Å². The van der Waals surface area contributed by atoms with Crippen LogP contribution < -0.4 is 5.32 Å². The van der Waals surface area contributed by atoms with Gasteiger partial charge in [-0.3, -0.25) is 4.79 Å². The van der Waals surface area contributed by atoms with E-state index in [2.05, 4.69) is 17.1 Å². The fourth-order valence-corrected chi connectivity index (χ4v) is 2.68. The van der Waals surface area contributed by atoms with Crippen LogP contribution in [0.3, 0.4) is 0 Å². The summed E-state index contributed by atoms with van der Waals surface area (Å²) in [5.41, 5.74) is 0. The van der Waals surface area contributed by atoms with Crippen molar-refractivity contribution in [3.63, 3.8) is 0 Å². The van der Waals surface area contributed by atoms with Crippen LogP contribution in [0.25, 0.3) is 0 Å². The fraction of sp³-hybridized carbons (Fsp3) is 0.929. The second-order valence-corrected chi connectivity index (χ2v) is 5.40. The van der Waals surface area contributed by atoms with Crippen molar-refractivity contribution < 1.29 is 9.53 Å². The van der Waals surface area contributed by atoms with Crippen LogP contribution in [0.5, 0.6) is 0 Å². The maximum absolute atomic E-state index is 11.5. The Balaban J connectivity index is 2.40. The Morgan fingerprint density at radius 2 is 2.33 bits per heavy atom. The van der Waals surface area contributed by atoms with Crippen molar-refractivity contribution in [1.82, 2.24) is 10.2 Å². The van der Waals surface area contributed by atoms with Gasteiger partial charge in [-0.25, -0.2) is 0 Å². The zero-order chi connectivity index (χ0) is 13.4. The van der Waals surface area contributed by atoms with E-state index < -0.39 is 0 Å². The highest BCUT2D eigenvalue weighted by molar-refractivity contribution is 5.72. The van der Waals surface area contributed by atoms with Crippen molar-refractivity contribution in [3.05, 3.63) is 0 Å². The Hall–Kier alpha value is -0.610. The summed E-state index contributed by atoms with van der Waals surface area (Å²) >= 11 is 0. The smallest absolute Gasteiger partial charge is 0.309 e. The molecule has 1 fully saturated rings. The number of carbonyl (C=O) groups is 1. The van der Waals surface area contributed by atoms with Gasteiger partial charge in [0, 0.05) is 13.1 Å². The molecule has 18 heavy (non-hydrogen) atoms. The minimum atomic E-state index is -0.0992. The van der Waals surface area contributed by atoms with Crippen molar-refractivity contribution >= 4 is 5.97 Å². The van der Waals surface area contributed by atoms with E-state index in [0.717, 1.165) is 45.1 Å². The average molecular weight is 256 g/mol. The van der Waals surface area contributed by atoms with Crippen LogP contribution in [0, 0.1) is 11.8 Å². The van der Waals surface area contributed by atoms with Gasteiger partial charge in [0.15, 0.2) is 0 Å². The maximum Gasteiger partial charge on any atom is 0.309 e. The first-order chi connectivity index (χ1) is 8.67. The molecule has 0 radical (unpaired) electrons. The number of ether oxygens (including phenoxy) is 1. The molecule has 106 valence electrons. The Bertz CT molecular complexity index is 240. The monoisotopic (exact) mass is 256 g/mol. The zero-order valence-electron chi connectivity index (χ0n) is 12.1. The van der Waals surface area contributed by atoms with Gasteiger partial charge < -0.3 is 15.0 Å². The summed E-state index contributed by atoms with van der Waals surface area (Å²) in [7, 11) is 1.47. The van der Waals surface area contributed by atoms with Crippen molar-refractivity contribution in [2.45, 2.75) is 33.1 Å². The first kappa shape index (κ1) is 15.4. The van der Waals surface area contributed by atoms with Crippen molar-refractivity contribution in [3.8, 4) is 0 Å². The summed E-state index contributed by atoms with van der Waals surface area (Å²) in [6.45, 7) is 9.40. The molecule has 0 aromatic rings. The van der Waals surface area contributed by atoms with E-state index in [-0.39, 0.29) is 11.9 Å². The van der Waals surface area contributed by atoms with E-state index in [9.17, 15) is 4.79 Å². The molecular weight excluding hydrogens is 228 g/mol. The van der Waals surface area contributed by atoms with Crippen LogP contribution in [-0.2, 0) is 9.53 Å². The third kappa shape index (κ3) is 5.36. The van der Waals surface area contributed by atoms with Crippen LogP contribution in [0.2, 0.25) is 0 Å². The predicted molar refractivity (Wildman–Crippen MR) is 73.5 cm³/mol. The molecule has 0 aromatic carbocycles. The Kier molecular flexibility index (Phi) is 7.28. The second-order valence-electron chi connectivity index (χ2n) is 5.40. The molecule has 0 spiro atoms. The molecule has 4 nitrogen and oxygen atoms in total. The number of nitrogens with one attached hydrogen (secondary N) is 1. The Morgan fingerprint density at radius 1 is 1.56 bits per heavy atom. The summed E-state index contributed by atoms with van der Waals surface area (Å²) in [6, 6.07) is 0. The lowest BCUT2D eigenvalue weighted by atomic mass is 9.98. The van der Waals surface area contributed by atoms with Gasteiger partial charge in [0.2, 0.25) is 0 Å². The largest absolute Gasteiger partial charge is 0.469 e. The van der Waals surface area contributed by atoms with E-state index in [1.54, 1.807) is 0 Å². The van der Waals surface area contributed by atoms with Gasteiger partial charge in [0.25, 0.3) is 0 Å². The summed E-state index contributed by atoms with van der Waals surface area (Å²) in [4.78, 5) is 13.9. The quantitative estimate of drug-likeness (QED) is 0.701. The lowest BCUT2D eigenvalue weighted by Gasteiger charge is -2.31. The number of hydrogen-bond acceptors (Lipinski definition) is 4. The lowest BCUT2D eigenvalue weighted by molar-refractivity contribution is -0.145. The SMILES string of the molecule is CCCN(CC1CCCNC1)CC(C)C(=O)OC. The standard InChI is InChI=1S/C14H28N2O2/c1-4-8-16(10-12(2)14(17)18-3)11-13-6-5-7-15-9-13/h12-13,15H,4-11H2,1-3H3. The minimum absolute atomic E-state index is 0.0295. The van der Waals surface area contributed by atoms with Crippen LogP contribution in [0.15, 0.2) is 0 Å². The summed E-state index contributed by atoms with van der Waals surface area (Å²) in [6.07, 6.45) is 3.71. The zero-order valence-corrected chi connectivity index (χ0v) is 12.1. The molecular formula is C14H28N2O2. The Labute approximate surface area is 111 Å². The average Bonchev–Trinajstić information content (AvgIpc) is 2.39. The molecule has 1 N–H and O–H groups in total. The maximum atomic E-state index is 11.5. The van der Waals surface area contributed by atoms with Crippen molar-refractivity contribution in [2.75, 3.05) is 39.8 Å². The predicted octanol–water partition coefficient (Wildman–Crippen LogP) is 1.51. The topological polar surface area (TPSA) is 41.6 Å². The van der Waals surface area contributed by atoms with E-state index in [1.165, 1.54) is 20.0 Å². The number of piperidine rings is 1. The number of hydrogen-bond donors (Lipinski definition) is 1. The first-order valence-corrected chi connectivity index (χ1v) is 7.18. The van der Waals surface area contributed by atoms with Crippen LogP contribution in [-0.4, -0.2) is 50.7 Å². The number of carbonyl (C=O) groups excluding carboxylic acids is 1. The molecule has 1 rings (SSSR count). The number of rotatable bonds is 7. The number of nitrogens with zero attached hydrogens (tertiary/aromatic N) is 1. The molecule has 1 aliphatic rings. The second kappa shape index (κ2) is 8.48. The van der Waals surface area contributed by atoms with Gasteiger partial charge in [-0.15, -0.1) is 0 Å². The molecule has 0 aliphatic carbocycles. The fourth-order valence-electron chi connectivity index (χ4n) is 2.68. The van der Waals surface area contributed by atoms with E-state index >= 15 is 0 Å². The Morgan fingerprint density at radius 3 is 2.89 bits per heavy atom. The van der Waals surface area contributed by atoms with Gasteiger partial charge >= 0.3 is 5.97 Å². The molecule has 0 amide bonds. The highest BCUT2D eigenvalue weighted by Gasteiger charge is 2.21. The molecule has 0 aromatic heterocycles. The first-order valence-electron chi connectivity index (χ1n) is 7.18. The molecule has 4 heteroatoms. The van der Waals surface area contributed by atoms with Gasteiger partial charge in [-0.05, 0) is 44.8 Å².